The highest BCUT2D eigenvalue weighted by atomic mass is 32.2. The zero-order chi connectivity index (χ0) is 29.6. The summed E-state index contributed by atoms with van der Waals surface area (Å²) >= 11 is 1.56. The molecule has 8 nitrogen and oxygen atoms in total. The van der Waals surface area contributed by atoms with Crippen molar-refractivity contribution in [3.63, 3.8) is 0 Å². The molecule has 0 aromatic heterocycles. The Morgan fingerprint density at radius 1 is 0.711 bits per heavy atom. The third-order valence-electron chi connectivity index (χ3n) is 5.60. The molecular formula is C28H40O8S2. The van der Waals surface area contributed by atoms with Gasteiger partial charge in [0.15, 0.2) is 9.84 Å². The second-order valence-electron chi connectivity index (χ2n) is 10.6. The molecule has 0 N–H and O–H groups in total. The minimum Gasteiger partial charge on any atom is -0.495 e. The maximum Gasteiger partial charge on any atom is 0.337 e. The Labute approximate surface area is 231 Å². The Hall–Kier alpha value is -2.72. The average molecular weight is 569 g/mol. The van der Waals surface area contributed by atoms with E-state index in [1.54, 1.807) is 24.9 Å². The quantitative estimate of drug-likeness (QED) is 0.321. The number of hydrogen-bond donors (Lipinski definition) is 0. The van der Waals surface area contributed by atoms with Crippen molar-refractivity contribution in [2.75, 3.05) is 41.0 Å². The van der Waals surface area contributed by atoms with Crippen LogP contribution in [0.15, 0.2) is 34.1 Å². The van der Waals surface area contributed by atoms with Crippen LogP contribution < -0.4 is 9.47 Å². The predicted octanol–water partition coefficient (Wildman–Crippen LogP) is 5.68. The normalized spacial score (nSPS) is 11.7. The van der Waals surface area contributed by atoms with Gasteiger partial charge in [-0.1, -0.05) is 41.5 Å². The summed E-state index contributed by atoms with van der Waals surface area (Å²) in [5, 5.41) is 0. The Bertz CT molecular complexity index is 1270. The van der Waals surface area contributed by atoms with Crippen LogP contribution in [0.25, 0.3) is 0 Å². The third kappa shape index (κ3) is 8.14. The van der Waals surface area contributed by atoms with Crippen LogP contribution in [0.1, 0.15) is 73.4 Å². The van der Waals surface area contributed by atoms with Crippen molar-refractivity contribution in [1.29, 1.82) is 0 Å². The fourth-order valence-electron chi connectivity index (χ4n) is 3.64. The number of carbonyl (C=O) groups excluding carboxylic acids is 2. The zero-order valence-corrected chi connectivity index (χ0v) is 26.0. The Kier molecular flexibility index (Phi) is 11.3. The van der Waals surface area contributed by atoms with Crippen LogP contribution in [0.5, 0.6) is 11.5 Å². The second-order valence-corrected chi connectivity index (χ2v) is 13.4. The first-order valence-electron chi connectivity index (χ1n) is 11.7. The van der Waals surface area contributed by atoms with Crippen LogP contribution in [-0.4, -0.2) is 61.3 Å². The van der Waals surface area contributed by atoms with Gasteiger partial charge in [0.05, 0.1) is 44.5 Å². The number of hydrogen-bond acceptors (Lipinski definition) is 9. The van der Waals surface area contributed by atoms with Gasteiger partial charge in [0.1, 0.15) is 16.4 Å². The minimum atomic E-state index is -3.53. The van der Waals surface area contributed by atoms with Crippen LogP contribution in [0.3, 0.4) is 0 Å². The Balaban J connectivity index is 0.000000382. The van der Waals surface area contributed by atoms with Crippen molar-refractivity contribution in [1.82, 2.24) is 0 Å². The molecule has 2 aromatic rings. The molecule has 38 heavy (non-hydrogen) atoms. The van der Waals surface area contributed by atoms with Gasteiger partial charge in [0, 0.05) is 17.4 Å². The van der Waals surface area contributed by atoms with E-state index in [-0.39, 0.29) is 33.0 Å². The van der Waals surface area contributed by atoms with Crippen molar-refractivity contribution < 1.29 is 37.0 Å². The maximum atomic E-state index is 11.9. The fourth-order valence-corrected chi connectivity index (χ4v) is 5.13. The first-order valence-corrected chi connectivity index (χ1v) is 14.8. The summed E-state index contributed by atoms with van der Waals surface area (Å²) in [6.45, 7) is 12.0. The summed E-state index contributed by atoms with van der Waals surface area (Å²) in [4.78, 5) is 24.3. The molecule has 0 radical (unpaired) electrons. The van der Waals surface area contributed by atoms with E-state index in [1.807, 2.05) is 39.2 Å². The van der Waals surface area contributed by atoms with Crippen molar-refractivity contribution >= 4 is 33.5 Å². The van der Waals surface area contributed by atoms with E-state index in [9.17, 15) is 18.0 Å². The molecule has 0 aliphatic carbocycles. The van der Waals surface area contributed by atoms with E-state index < -0.39 is 15.8 Å². The van der Waals surface area contributed by atoms with Crippen LogP contribution in [-0.2, 0) is 30.1 Å². The molecule has 0 saturated carbocycles. The molecule has 2 rings (SSSR count). The predicted molar refractivity (Wildman–Crippen MR) is 151 cm³/mol. The lowest BCUT2D eigenvalue weighted by Crippen LogP contribution is -2.17. The van der Waals surface area contributed by atoms with E-state index in [2.05, 4.69) is 25.5 Å². The number of ether oxygens (including phenoxy) is 4. The zero-order valence-electron chi connectivity index (χ0n) is 24.4. The largest absolute Gasteiger partial charge is 0.495 e. The van der Waals surface area contributed by atoms with Gasteiger partial charge in [0.2, 0.25) is 0 Å². The number of methoxy groups -OCH3 is 4. The first-order chi connectivity index (χ1) is 17.4. The number of esters is 2. The van der Waals surface area contributed by atoms with Gasteiger partial charge >= 0.3 is 11.9 Å². The lowest BCUT2D eigenvalue weighted by atomic mass is 9.85. The SMILES string of the molecule is COC(=O)c1cc(C(C)(C)C)c(OC)c(S(C)(=O)=O)c1.COC(=O)c1cc(SC)c(OC)c(C(C)(C)C)c1. The summed E-state index contributed by atoms with van der Waals surface area (Å²) in [7, 11) is 2.19. The average Bonchev–Trinajstić information content (AvgIpc) is 2.84. The van der Waals surface area contributed by atoms with Gasteiger partial charge in [-0.3, -0.25) is 0 Å². The Morgan fingerprint density at radius 3 is 1.42 bits per heavy atom. The highest BCUT2D eigenvalue weighted by molar-refractivity contribution is 7.98. The molecule has 0 fully saturated rings. The van der Waals surface area contributed by atoms with E-state index in [1.165, 1.54) is 27.4 Å². The topological polar surface area (TPSA) is 105 Å². The molecule has 0 spiro atoms. The fraction of sp³-hybridized carbons (Fsp3) is 0.500. The molecule has 0 unspecified atom stereocenters. The highest BCUT2D eigenvalue weighted by Gasteiger charge is 2.28. The molecule has 0 saturated heterocycles. The van der Waals surface area contributed by atoms with Gasteiger partial charge < -0.3 is 18.9 Å². The third-order valence-corrected chi connectivity index (χ3v) is 7.44. The number of sulfone groups is 1. The number of rotatable bonds is 6. The number of thioether (sulfide) groups is 1. The molecule has 0 amide bonds. The highest BCUT2D eigenvalue weighted by Crippen LogP contribution is 2.39. The number of benzene rings is 2. The number of carbonyl (C=O) groups is 2. The first kappa shape index (κ1) is 33.3. The van der Waals surface area contributed by atoms with Crippen molar-refractivity contribution in [3.05, 3.63) is 46.5 Å². The van der Waals surface area contributed by atoms with Crippen LogP contribution >= 0.6 is 11.8 Å². The molecule has 0 aliphatic rings. The molecular weight excluding hydrogens is 528 g/mol. The summed E-state index contributed by atoms with van der Waals surface area (Å²) < 4.78 is 44.1. The maximum absolute atomic E-state index is 11.9. The van der Waals surface area contributed by atoms with Gasteiger partial charge in [-0.25, -0.2) is 18.0 Å². The van der Waals surface area contributed by atoms with Gasteiger partial charge in [-0.15, -0.1) is 11.8 Å². The van der Waals surface area contributed by atoms with Crippen molar-refractivity contribution in [2.45, 2.75) is 62.2 Å². The van der Waals surface area contributed by atoms with Crippen LogP contribution in [0, 0.1) is 0 Å². The van der Waals surface area contributed by atoms with Crippen LogP contribution in [0.4, 0.5) is 0 Å². The summed E-state index contributed by atoms with van der Waals surface area (Å²) in [6, 6.07) is 6.56. The lowest BCUT2D eigenvalue weighted by Gasteiger charge is -2.24. The van der Waals surface area contributed by atoms with Gasteiger partial charge in [-0.05, 0) is 41.4 Å². The molecule has 2 aromatic carbocycles. The second kappa shape index (κ2) is 12.9. The molecule has 0 bridgehead atoms. The monoisotopic (exact) mass is 568 g/mol. The summed E-state index contributed by atoms with van der Waals surface area (Å²) in [6.07, 6.45) is 3.05. The smallest absolute Gasteiger partial charge is 0.337 e. The van der Waals surface area contributed by atoms with E-state index in [0.29, 0.717) is 11.1 Å². The molecule has 0 atom stereocenters. The van der Waals surface area contributed by atoms with Gasteiger partial charge in [-0.2, -0.15) is 0 Å². The van der Waals surface area contributed by atoms with Gasteiger partial charge in [0.25, 0.3) is 0 Å². The van der Waals surface area contributed by atoms with Crippen molar-refractivity contribution in [2.24, 2.45) is 0 Å². The van der Waals surface area contributed by atoms with E-state index in [0.717, 1.165) is 22.5 Å². The Morgan fingerprint density at radius 2 is 1.11 bits per heavy atom. The standard InChI is InChI=1S/C14H20O5S.C14H20O3S/c1-14(2,3)10-7-9(13(15)19-5)8-11(12(10)18-4)20(6,16)17;1-14(2,3)10-7-9(13(15)17-5)8-11(18-6)12(10)16-4/h7-8H,1-6H3;7-8H,1-6H3. The molecule has 10 heteroatoms. The summed E-state index contributed by atoms with van der Waals surface area (Å²) in [5.41, 5.74) is 1.93. The van der Waals surface area contributed by atoms with E-state index >= 15 is 0 Å². The van der Waals surface area contributed by atoms with E-state index in [4.69, 9.17) is 14.2 Å². The lowest BCUT2D eigenvalue weighted by molar-refractivity contribution is 0.0591. The molecule has 212 valence electrons. The van der Waals surface area contributed by atoms with Crippen LogP contribution in [0.2, 0.25) is 0 Å². The molecule has 0 aliphatic heterocycles. The molecule has 0 heterocycles. The van der Waals surface area contributed by atoms with Crippen molar-refractivity contribution in [3.8, 4) is 11.5 Å². The summed E-state index contributed by atoms with van der Waals surface area (Å²) in [5.74, 6) is 0.205. The minimum absolute atomic E-state index is 0.00664.